The summed E-state index contributed by atoms with van der Waals surface area (Å²) in [6, 6.07) is 9.66. The molecule has 1 amide bonds. The molecule has 1 aromatic rings. The molecular formula is C26H30N2O5. The monoisotopic (exact) mass is 450 g/mol. The Kier molecular flexibility index (Phi) is 6.93. The minimum atomic E-state index is -1.16. The predicted octanol–water partition coefficient (Wildman–Crippen LogP) is 1.60. The number of aliphatic hydroxyl groups is 1. The topological polar surface area (TPSA) is 96.9 Å². The number of methoxy groups -OCH3 is 1. The molecule has 0 radical (unpaired) electrons. The van der Waals surface area contributed by atoms with Gasteiger partial charge in [0.1, 0.15) is 11.7 Å². The van der Waals surface area contributed by atoms with Gasteiger partial charge in [0.25, 0.3) is 5.91 Å². The molecule has 0 fully saturated rings. The van der Waals surface area contributed by atoms with E-state index in [1.54, 1.807) is 0 Å². The van der Waals surface area contributed by atoms with Gasteiger partial charge in [-0.1, -0.05) is 67.6 Å². The maximum Gasteiger partial charge on any atom is 0.337 e. The molecule has 5 unspecified atom stereocenters. The molecule has 7 nitrogen and oxygen atoms in total. The van der Waals surface area contributed by atoms with Gasteiger partial charge in [-0.2, -0.15) is 0 Å². The van der Waals surface area contributed by atoms with Gasteiger partial charge >= 0.3 is 5.97 Å². The number of nitrogens with one attached hydrogen (secondary N) is 2. The number of fused-ring (bicyclic) bond motifs is 2. The van der Waals surface area contributed by atoms with Crippen molar-refractivity contribution in [2.45, 2.75) is 37.1 Å². The SMILES string of the molecule is COC(=O)C1=C(C(=O)NCCO)C2C=CC1(C(Cc1ccccc1)NC1C=CC=CC1C)O2. The van der Waals surface area contributed by atoms with Crippen molar-refractivity contribution in [3.05, 3.63) is 83.5 Å². The molecule has 7 heteroatoms. The molecule has 174 valence electrons. The van der Waals surface area contributed by atoms with Crippen LogP contribution in [0.5, 0.6) is 0 Å². The zero-order valence-corrected chi connectivity index (χ0v) is 18.9. The summed E-state index contributed by atoms with van der Waals surface area (Å²) in [4.78, 5) is 26.0. The number of amides is 1. The van der Waals surface area contributed by atoms with E-state index in [1.165, 1.54) is 7.11 Å². The fourth-order valence-electron chi connectivity index (χ4n) is 4.76. The van der Waals surface area contributed by atoms with Crippen LogP contribution >= 0.6 is 0 Å². The van der Waals surface area contributed by atoms with Crippen LogP contribution in [0.25, 0.3) is 0 Å². The van der Waals surface area contributed by atoms with Crippen LogP contribution in [0.3, 0.4) is 0 Å². The second-order valence-corrected chi connectivity index (χ2v) is 8.51. The molecule has 2 aliphatic heterocycles. The molecule has 1 aliphatic carbocycles. The van der Waals surface area contributed by atoms with E-state index in [0.29, 0.717) is 6.42 Å². The van der Waals surface area contributed by atoms with E-state index in [2.05, 4.69) is 29.7 Å². The van der Waals surface area contributed by atoms with Crippen molar-refractivity contribution < 1.29 is 24.2 Å². The molecule has 2 heterocycles. The number of hydrogen-bond donors (Lipinski definition) is 3. The average molecular weight is 451 g/mol. The van der Waals surface area contributed by atoms with Gasteiger partial charge in [-0.05, 0) is 24.0 Å². The molecule has 3 aliphatic rings. The third kappa shape index (κ3) is 4.44. The van der Waals surface area contributed by atoms with Gasteiger partial charge in [0.05, 0.1) is 24.9 Å². The Labute approximate surface area is 193 Å². The van der Waals surface area contributed by atoms with Crippen LogP contribution in [0.2, 0.25) is 0 Å². The summed E-state index contributed by atoms with van der Waals surface area (Å²) >= 11 is 0. The quantitative estimate of drug-likeness (QED) is 0.391. The van der Waals surface area contributed by atoms with Crippen LogP contribution in [0.1, 0.15) is 12.5 Å². The number of benzene rings is 1. The molecule has 2 bridgehead atoms. The molecule has 0 spiro atoms. The van der Waals surface area contributed by atoms with Gasteiger partial charge in [-0.15, -0.1) is 0 Å². The standard InChI is InChI=1S/C26H30N2O5/c1-17-8-6-7-11-19(17)28-21(16-18-9-4-3-5-10-18)26-13-12-20(33-26)22(23(26)25(31)32-2)24(30)27-14-15-29/h3-13,17,19-21,28-29H,14-16H2,1-2H3,(H,27,30). The van der Waals surface area contributed by atoms with Crippen LogP contribution in [-0.4, -0.2) is 61.0 Å². The fourth-order valence-corrected chi connectivity index (χ4v) is 4.76. The van der Waals surface area contributed by atoms with E-state index < -0.39 is 23.6 Å². The first-order valence-corrected chi connectivity index (χ1v) is 11.2. The van der Waals surface area contributed by atoms with E-state index in [4.69, 9.17) is 14.6 Å². The maximum absolute atomic E-state index is 13.0. The maximum atomic E-state index is 13.0. The highest BCUT2D eigenvalue weighted by atomic mass is 16.5. The van der Waals surface area contributed by atoms with Crippen molar-refractivity contribution in [2.24, 2.45) is 5.92 Å². The molecule has 0 saturated carbocycles. The number of carbonyl (C=O) groups is 2. The number of hydrogen-bond acceptors (Lipinski definition) is 6. The lowest BCUT2D eigenvalue weighted by molar-refractivity contribution is -0.138. The number of ether oxygens (including phenoxy) is 2. The van der Waals surface area contributed by atoms with E-state index >= 15 is 0 Å². The van der Waals surface area contributed by atoms with Crippen LogP contribution in [-0.2, 0) is 25.5 Å². The van der Waals surface area contributed by atoms with Crippen molar-refractivity contribution >= 4 is 11.9 Å². The smallest absolute Gasteiger partial charge is 0.337 e. The first-order valence-electron chi connectivity index (χ1n) is 11.2. The molecule has 0 aromatic heterocycles. The third-order valence-corrected chi connectivity index (χ3v) is 6.42. The Balaban J connectivity index is 1.76. The first-order chi connectivity index (χ1) is 16.0. The van der Waals surface area contributed by atoms with Gasteiger partial charge in [0.2, 0.25) is 0 Å². The van der Waals surface area contributed by atoms with E-state index in [0.717, 1.165) is 5.56 Å². The Morgan fingerprint density at radius 3 is 2.64 bits per heavy atom. The van der Waals surface area contributed by atoms with Gasteiger partial charge in [0, 0.05) is 18.6 Å². The van der Waals surface area contributed by atoms with Crippen LogP contribution in [0.4, 0.5) is 0 Å². The Hall–Kier alpha value is -3.00. The van der Waals surface area contributed by atoms with Gasteiger partial charge in [-0.3, -0.25) is 4.79 Å². The van der Waals surface area contributed by atoms with Crippen molar-refractivity contribution in [1.29, 1.82) is 0 Å². The Morgan fingerprint density at radius 2 is 1.94 bits per heavy atom. The largest absolute Gasteiger partial charge is 0.466 e. The van der Waals surface area contributed by atoms with Crippen LogP contribution in [0, 0.1) is 5.92 Å². The van der Waals surface area contributed by atoms with E-state index in [9.17, 15) is 9.59 Å². The summed E-state index contributed by atoms with van der Waals surface area (Å²) in [5.74, 6) is -0.791. The second-order valence-electron chi connectivity index (χ2n) is 8.51. The summed E-state index contributed by atoms with van der Waals surface area (Å²) in [6.45, 7) is 2.02. The fraction of sp³-hybridized carbons (Fsp3) is 0.385. The summed E-state index contributed by atoms with van der Waals surface area (Å²) in [5, 5.41) is 15.5. The van der Waals surface area contributed by atoms with Gasteiger partial charge in [0.15, 0.2) is 0 Å². The zero-order valence-electron chi connectivity index (χ0n) is 18.9. The molecule has 3 N–H and O–H groups in total. The number of rotatable bonds is 9. The number of esters is 1. The van der Waals surface area contributed by atoms with Crippen molar-refractivity contribution in [1.82, 2.24) is 10.6 Å². The highest BCUT2D eigenvalue weighted by Gasteiger charge is 2.58. The lowest BCUT2D eigenvalue weighted by Crippen LogP contribution is -2.56. The molecule has 4 rings (SSSR count). The van der Waals surface area contributed by atoms with Gasteiger partial charge in [-0.25, -0.2) is 4.79 Å². The number of allylic oxidation sites excluding steroid dienone is 2. The van der Waals surface area contributed by atoms with Crippen molar-refractivity contribution in [3.8, 4) is 0 Å². The molecule has 1 aromatic carbocycles. The number of carbonyl (C=O) groups excluding carboxylic acids is 2. The van der Waals surface area contributed by atoms with Crippen LogP contribution in [0.15, 0.2) is 77.9 Å². The van der Waals surface area contributed by atoms with Crippen molar-refractivity contribution in [2.75, 3.05) is 20.3 Å². The molecule has 0 saturated heterocycles. The van der Waals surface area contributed by atoms with Crippen molar-refractivity contribution in [3.63, 3.8) is 0 Å². The van der Waals surface area contributed by atoms with Gasteiger partial charge < -0.3 is 25.2 Å². The third-order valence-electron chi connectivity index (χ3n) is 6.42. The highest BCUT2D eigenvalue weighted by molar-refractivity contribution is 6.07. The summed E-state index contributed by atoms with van der Waals surface area (Å²) < 4.78 is 11.5. The minimum absolute atomic E-state index is 0.0281. The van der Waals surface area contributed by atoms with Crippen LogP contribution < -0.4 is 10.6 Å². The molecule has 5 atom stereocenters. The molecule has 33 heavy (non-hydrogen) atoms. The summed E-state index contributed by atoms with van der Waals surface area (Å²) in [5.41, 5.74) is 0.373. The lowest BCUT2D eigenvalue weighted by atomic mass is 9.78. The number of aliphatic hydroxyl groups excluding tert-OH is 1. The predicted molar refractivity (Wildman–Crippen MR) is 124 cm³/mol. The van der Waals surface area contributed by atoms with E-state index in [-0.39, 0.29) is 42.3 Å². The summed E-state index contributed by atoms with van der Waals surface area (Å²) in [7, 11) is 1.30. The normalized spacial score (nSPS) is 28.3. The molecular weight excluding hydrogens is 420 g/mol. The van der Waals surface area contributed by atoms with E-state index in [1.807, 2.05) is 54.6 Å². The zero-order chi connectivity index (χ0) is 23.4. The summed E-state index contributed by atoms with van der Waals surface area (Å²) in [6.07, 6.45) is 11.9. The average Bonchev–Trinajstić information content (AvgIpc) is 3.42. The Bertz CT molecular complexity index is 1010. The lowest BCUT2D eigenvalue weighted by Gasteiger charge is -2.38. The second kappa shape index (κ2) is 9.87. The Morgan fingerprint density at radius 1 is 1.18 bits per heavy atom. The highest BCUT2D eigenvalue weighted by Crippen LogP contribution is 2.47. The minimum Gasteiger partial charge on any atom is -0.466 e. The first kappa shape index (κ1) is 23.2.